The monoisotopic (exact) mass is 599 g/mol. The van der Waals surface area contributed by atoms with Gasteiger partial charge in [-0.3, -0.25) is 19.1 Å². The van der Waals surface area contributed by atoms with Crippen LogP contribution in [0.25, 0.3) is 22.0 Å². The number of Topliss-reactive ketones (excluding diaryl/α,β-unsaturated/α-hetero) is 2. The Morgan fingerprint density at radius 3 is 2.51 bits per heavy atom. The number of halogens is 1. The van der Waals surface area contributed by atoms with E-state index in [-0.39, 0.29) is 41.9 Å². The highest BCUT2D eigenvalue weighted by molar-refractivity contribution is 6.29. The van der Waals surface area contributed by atoms with Crippen molar-refractivity contribution in [2.45, 2.75) is 65.2 Å². The van der Waals surface area contributed by atoms with E-state index in [1.54, 1.807) is 28.0 Å². The number of nitrogens with zero attached hydrogens (tertiary/aromatic N) is 7. The van der Waals surface area contributed by atoms with Gasteiger partial charge in [-0.1, -0.05) is 30.7 Å². The Hall–Kier alpha value is -4.02. The summed E-state index contributed by atoms with van der Waals surface area (Å²) in [4.78, 5) is 57.1. The number of pyridine rings is 1. The van der Waals surface area contributed by atoms with Gasteiger partial charge in [-0.25, -0.2) is 15.0 Å². The van der Waals surface area contributed by atoms with Crippen molar-refractivity contribution in [2.75, 3.05) is 14.1 Å². The van der Waals surface area contributed by atoms with E-state index in [2.05, 4.69) is 27.0 Å². The molecule has 4 aromatic rings. The largest absolute Gasteiger partial charge is 0.327 e. The number of aromatic nitrogens is 5. The van der Waals surface area contributed by atoms with Crippen LogP contribution in [0.4, 0.5) is 0 Å². The molecular weight excluding hydrogens is 566 g/mol. The van der Waals surface area contributed by atoms with Crippen molar-refractivity contribution < 1.29 is 14.4 Å². The quantitative estimate of drug-likeness (QED) is 0.207. The molecule has 11 heteroatoms. The molecule has 4 heterocycles. The third-order valence-electron chi connectivity index (χ3n) is 8.64. The molecule has 1 aliphatic carbocycles. The van der Waals surface area contributed by atoms with Gasteiger partial charge in [0.25, 0.3) is 0 Å². The molecule has 0 radical (unpaired) electrons. The number of carbonyl (C=O) groups is 3. The maximum atomic E-state index is 13.9. The summed E-state index contributed by atoms with van der Waals surface area (Å²) in [5.41, 5.74) is 4.14. The number of benzene rings is 1. The highest BCUT2D eigenvalue weighted by Gasteiger charge is 2.64. The standard InChI is InChI=1S/C32H34ClN7O3/c1-18(41)31-23-10-20(22-14-34-19(2)35-15-22)6-8-25(23)39(37-31)17-30(43)40-26(12-32(3)13-28(32)40)27(42)11-24-21(16-38(4)5)7-9-29(33)36-24/h6-10,14-15,26,28H,11-13,16-17H2,1-5H3/t26-,28+,32-/m0/s1. The Labute approximate surface area is 255 Å². The lowest BCUT2D eigenvalue weighted by Gasteiger charge is -2.27. The van der Waals surface area contributed by atoms with Crippen molar-refractivity contribution in [3.8, 4) is 11.1 Å². The van der Waals surface area contributed by atoms with Crippen LogP contribution in [0.2, 0.25) is 5.15 Å². The molecule has 2 aliphatic rings. The number of rotatable bonds is 9. The van der Waals surface area contributed by atoms with Gasteiger partial charge in [0.1, 0.15) is 23.2 Å². The van der Waals surface area contributed by atoms with E-state index < -0.39 is 6.04 Å². The van der Waals surface area contributed by atoms with Crippen LogP contribution in [-0.4, -0.2) is 78.2 Å². The molecule has 1 amide bonds. The van der Waals surface area contributed by atoms with Crippen molar-refractivity contribution >= 4 is 40.0 Å². The summed E-state index contributed by atoms with van der Waals surface area (Å²) in [6, 6.07) is 8.75. The second-order valence-electron chi connectivity index (χ2n) is 12.3. The van der Waals surface area contributed by atoms with Crippen molar-refractivity contribution in [2.24, 2.45) is 5.41 Å². The second-order valence-corrected chi connectivity index (χ2v) is 12.7. The smallest absolute Gasteiger partial charge is 0.245 e. The number of ketones is 2. The minimum Gasteiger partial charge on any atom is -0.327 e. The van der Waals surface area contributed by atoms with Crippen LogP contribution in [0, 0.1) is 12.3 Å². The summed E-state index contributed by atoms with van der Waals surface area (Å²) in [6.45, 7) is 5.97. The highest BCUT2D eigenvalue weighted by Crippen LogP contribution is 2.59. The number of carbonyl (C=O) groups excluding carboxylic acids is 3. The molecule has 3 aromatic heterocycles. The Morgan fingerprint density at radius 1 is 1.07 bits per heavy atom. The number of aryl methyl sites for hydroxylation is 1. The predicted octanol–water partition coefficient (Wildman–Crippen LogP) is 4.31. The van der Waals surface area contributed by atoms with E-state index in [0.29, 0.717) is 46.2 Å². The minimum absolute atomic E-state index is 0.00441. The van der Waals surface area contributed by atoms with Crippen LogP contribution in [0.15, 0.2) is 42.7 Å². The molecule has 1 aromatic carbocycles. The van der Waals surface area contributed by atoms with Crippen LogP contribution in [0.3, 0.4) is 0 Å². The van der Waals surface area contributed by atoms with E-state index in [0.717, 1.165) is 23.1 Å². The number of amides is 1. The third kappa shape index (κ3) is 5.57. The van der Waals surface area contributed by atoms with Crippen LogP contribution in [-0.2, 0) is 29.1 Å². The molecule has 43 heavy (non-hydrogen) atoms. The first-order valence-electron chi connectivity index (χ1n) is 14.4. The van der Waals surface area contributed by atoms with Crippen LogP contribution < -0.4 is 0 Å². The number of hydrogen-bond acceptors (Lipinski definition) is 8. The van der Waals surface area contributed by atoms with E-state index in [1.165, 1.54) is 6.92 Å². The van der Waals surface area contributed by atoms with Gasteiger partial charge in [0, 0.05) is 42.9 Å². The molecule has 1 saturated heterocycles. The predicted molar refractivity (Wildman–Crippen MR) is 163 cm³/mol. The van der Waals surface area contributed by atoms with Crippen LogP contribution in [0.5, 0.6) is 0 Å². The highest BCUT2D eigenvalue weighted by atomic mass is 35.5. The Kier molecular flexibility index (Phi) is 7.38. The average Bonchev–Trinajstić information content (AvgIpc) is 3.32. The third-order valence-corrected chi connectivity index (χ3v) is 8.85. The van der Waals surface area contributed by atoms with Crippen LogP contribution >= 0.6 is 11.6 Å². The van der Waals surface area contributed by atoms with Gasteiger partial charge in [-0.15, -0.1) is 0 Å². The van der Waals surface area contributed by atoms with E-state index in [1.807, 2.05) is 50.2 Å². The zero-order valence-electron chi connectivity index (χ0n) is 25.0. The van der Waals surface area contributed by atoms with Crippen LogP contribution in [0.1, 0.15) is 54.3 Å². The fraction of sp³-hybridized carbons (Fsp3) is 0.406. The second kappa shape index (κ2) is 10.9. The van der Waals surface area contributed by atoms with Crippen molar-refractivity contribution in [3.05, 3.63) is 70.7 Å². The normalized spacial score (nSPS) is 21.0. The van der Waals surface area contributed by atoms with Gasteiger partial charge in [0.05, 0.1) is 23.7 Å². The molecule has 6 rings (SSSR count). The first kappa shape index (κ1) is 29.1. The first-order chi connectivity index (χ1) is 20.4. The van der Waals surface area contributed by atoms with Gasteiger partial charge in [-0.2, -0.15) is 5.10 Å². The van der Waals surface area contributed by atoms with Crippen molar-refractivity contribution in [1.29, 1.82) is 0 Å². The van der Waals surface area contributed by atoms with Gasteiger partial charge in [0.15, 0.2) is 11.6 Å². The summed E-state index contributed by atoms with van der Waals surface area (Å²) < 4.78 is 1.58. The van der Waals surface area contributed by atoms with E-state index in [9.17, 15) is 14.4 Å². The fourth-order valence-corrected chi connectivity index (χ4v) is 6.49. The Balaban J connectivity index is 1.27. The zero-order valence-corrected chi connectivity index (χ0v) is 25.7. The lowest BCUT2D eigenvalue weighted by Crippen LogP contribution is -2.45. The summed E-state index contributed by atoms with van der Waals surface area (Å²) in [5, 5.41) is 5.56. The molecule has 0 spiro atoms. The molecule has 0 unspecified atom stereocenters. The summed E-state index contributed by atoms with van der Waals surface area (Å²) in [5.74, 6) is 0.243. The lowest BCUT2D eigenvalue weighted by atomic mass is 9.96. The Bertz CT molecular complexity index is 1770. The maximum absolute atomic E-state index is 13.9. The molecule has 2 fully saturated rings. The van der Waals surface area contributed by atoms with Gasteiger partial charge < -0.3 is 9.80 Å². The SMILES string of the molecule is CC(=O)c1nn(CC(=O)N2[C@H](C(=O)Cc3nc(Cl)ccc3CN(C)C)C[C@@]3(C)C[C@@H]23)c2ccc(-c3cnc(C)nc3)cc12. The molecule has 222 valence electrons. The molecule has 1 aliphatic heterocycles. The van der Waals surface area contributed by atoms with Gasteiger partial charge in [0.2, 0.25) is 5.91 Å². The number of hydrogen-bond donors (Lipinski definition) is 0. The zero-order chi connectivity index (χ0) is 30.6. The molecular formula is C32H34ClN7O3. The maximum Gasteiger partial charge on any atom is 0.245 e. The van der Waals surface area contributed by atoms with Crippen molar-refractivity contribution in [3.63, 3.8) is 0 Å². The number of likely N-dealkylation sites (tertiary alicyclic amines) is 1. The van der Waals surface area contributed by atoms with Gasteiger partial charge >= 0.3 is 0 Å². The van der Waals surface area contributed by atoms with E-state index >= 15 is 0 Å². The minimum atomic E-state index is -0.550. The molecule has 0 N–H and O–H groups in total. The summed E-state index contributed by atoms with van der Waals surface area (Å²) >= 11 is 6.20. The topological polar surface area (TPSA) is 114 Å². The fourth-order valence-electron chi connectivity index (χ4n) is 6.33. The van der Waals surface area contributed by atoms with Crippen molar-refractivity contribution in [1.82, 2.24) is 34.5 Å². The molecule has 10 nitrogen and oxygen atoms in total. The summed E-state index contributed by atoms with van der Waals surface area (Å²) in [6.07, 6.45) is 5.07. The molecule has 3 atom stereocenters. The summed E-state index contributed by atoms with van der Waals surface area (Å²) in [7, 11) is 3.92. The number of piperidine rings is 1. The lowest BCUT2D eigenvalue weighted by molar-refractivity contribution is -0.139. The Morgan fingerprint density at radius 2 is 1.81 bits per heavy atom. The first-order valence-corrected chi connectivity index (χ1v) is 14.7. The average molecular weight is 600 g/mol. The molecule has 1 saturated carbocycles. The van der Waals surface area contributed by atoms with Gasteiger partial charge in [-0.05, 0) is 68.6 Å². The van der Waals surface area contributed by atoms with E-state index in [4.69, 9.17) is 11.6 Å². The number of fused-ring (bicyclic) bond motifs is 2. The molecule has 0 bridgehead atoms.